The van der Waals surface area contributed by atoms with Crippen LogP contribution in [0.4, 0.5) is 5.69 Å². The molecule has 6 rings (SSSR count). The number of carbonyl (C=O) groups excluding carboxylic acids is 2. The molecule has 50 heavy (non-hydrogen) atoms. The van der Waals surface area contributed by atoms with E-state index in [1.807, 2.05) is 50.2 Å². The first kappa shape index (κ1) is 35.2. The van der Waals surface area contributed by atoms with Gasteiger partial charge in [0.15, 0.2) is 5.78 Å². The van der Waals surface area contributed by atoms with Gasteiger partial charge in [0.2, 0.25) is 0 Å². The normalized spacial score (nSPS) is 15.3. The summed E-state index contributed by atoms with van der Waals surface area (Å²) in [6, 6.07) is 15.2. The van der Waals surface area contributed by atoms with Gasteiger partial charge in [-0.1, -0.05) is 30.3 Å². The predicted molar refractivity (Wildman–Crippen MR) is 191 cm³/mol. The monoisotopic (exact) mass is 679 g/mol. The number of likely N-dealkylation sites (tertiary alicyclic amines) is 2. The average Bonchev–Trinajstić information content (AvgIpc) is 3.09. The maximum absolute atomic E-state index is 13.5. The molecule has 2 aliphatic heterocycles. The fourth-order valence-electron chi connectivity index (χ4n) is 6.59. The number of amides is 1. The summed E-state index contributed by atoms with van der Waals surface area (Å²) in [4.78, 5) is 40.4. The summed E-state index contributed by atoms with van der Waals surface area (Å²) in [6.07, 6.45) is 4.15. The quantitative estimate of drug-likeness (QED) is 0.180. The molecule has 2 aromatic carbocycles. The number of carbonyl (C=O) groups is 2. The van der Waals surface area contributed by atoms with Crippen LogP contribution >= 0.6 is 0 Å². The Labute approximate surface area is 293 Å². The van der Waals surface area contributed by atoms with Crippen molar-refractivity contribution in [3.63, 3.8) is 0 Å². The van der Waals surface area contributed by atoms with Crippen molar-refractivity contribution in [2.75, 3.05) is 59.9 Å². The van der Waals surface area contributed by atoms with E-state index in [0.717, 1.165) is 65.1 Å². The second kappa shape index (κ2) is 15.5. The van der Waals surface area contributed by atoms with Crippen molar-refractivity contribution in [2.24, 2.45) is 0 Å². The fraction of sp³-hybridized carbons (Fsp3) is 0.385. The molecule has 2 aliphatic rings. The summed E-state index contributed by atoms with van der Waals surface area (Å²) >= 11 is 0. The number of nitrogens with zero attached hydrogens (tertiary/aromatic N) is 4. The Morgan fingerprint density at radius 3 is 1.80 bits per heavy atom. The molecule has 4 heterocycles. The fourth-order valence-corrected chi connectivity index (χ4v) is 6.59. The Balaban J connectivity index is 1.15. The first-order valence-electron chi connectivity index (χ1n) is 16.8. The maximum Gasteiger partial charge on any atom is 0.274 e. The Hall–Kier alpha value is -4.68. The zero-order valence-corrected chi connectivity index (χ0v) is 29.6. The van der Waals surface area contributed by atoms with Crippen molar-refractivity contribution in [2.45, 2.75) is 45.6 Å². The van der Waals surface area contributed by atoms with Crippen molar-refractivity contribution < 1.29 is 28.5 Å². The minimum absolute atomic E-state index is 0.0887. The standard InChI is InChI=1S/C39H45N5O6/c1-24-26(13-36(45)34-14-37(49-5)27(16-40-34)18-43-20-29(21-43)47-3)9-7-10-31(24)32-11-8-12-33(25(32)2)42-39(46)35-15-38(50-6)28(17-41-35)19-44-22-30(23-44)48-4/h7-12,14-17,29-30H,13,18-23H2,1-6H3,(H,42,46). The molecule has 262 valence electrons. The number of aromatic nitrogens is 2. The molecule has 0 saturated carbocycles. The molecule has 11 heteroatoms. The number of nitrogens with one attached hydrogen (secondary N) is 1. The number of benzene rings is 2. The number of rotatable bonds is 14. The van der Waals surface area contributed by atoms with Gasteiger partial charge in [-0.05, 0) is 47.7 Å². The van der Waals surface area contributed by atoms with E-state index in [4.69, 9.17) is 18.9 Å². The molecule has 0 bridgehead atoms. The van der Waals surface area contributed by atoms with E-state index in [1.54, 1.807) is 53.0 Å². The predicted octanol–water partition coefficient (Wildman–Crippen LogP) is 5.12. The first-order valence-corrected chi connectivity index (χ1v) is 16.8. The van der Waals surface area contributed by atoms with Gasteiger partial charge in [-0.3, -0.25) is 29.4 Å². The Kier molecular flexibility index (Phi) is 10.9. The Morgan fingerprint density at radius 1 is 0.720 bits per heavy atom. The van der Waals surface area contributed by atoms with E-state index in [0.29, 0.717) is 36.0 Å². The molecule has 2 aromatic heterocycles. The van der Waals surface area contributed by atoms with E-state index >= 15 is 0 Å². The molecule has 4 aromatic rings. The van der Waals surface area contributed by atoms with Gasteiger partial charge in [0, 0.05) is 101 Å². The Morgan fingerprint density at radius 2 is 1.24 bits per heavy atom. The molecular weight excluding hydrogens is 634 g/mol. The number of ether oxygens (including phenoxy) is 4. The van der Waals surface area contributed by atoms with Crippen LogP contribution < -0.4 is 14.8 Å². The van der Waals surface area contributed by atoms with E-state index in [1.165, 1.54) is 0 Å². The lowest BCUT2D eigenvalue weighted by atomic mass is 9.91. The summed E-state index contributed by atoms with van der Waals surface area (Å²) in [5.41, 5.74) is 7.92. The van der Waals surface area contributed by atoms with E-state index in [-0.39, 0.29) is 36.0 Å². The van der Waals surface area contributed by atoms with Gasteiger partial charge in [0.25, 0.3) is 5.91 Å². The molecular formula is C39H45N5O6. The number of hydrogen-bond acceptors (Lipinski definition) is 10. The lowest BCUT2D eigenvalue weighted by Crippen LogP contribution is -2.50. The minimum Gasteiger partial charge on any atom is -0.496 e. The largest absolute Gasteiger partial charge is 0.496 e. The number of ketones is 1. The van der Waals surface area contributed by atoms with Crippen molar-refractivity contribution in [3.05, 3.63) is 100 Å². The van der Waals surface area contributed by atoms with Crippen LogP contribution in [0.1, 0.15) is 48.8 Å². The topological polar surface area (TPSA) is 115 Å². The van der Waals surface area contributed by atoms with Gasteiger partial charge in [-0.2, -0.15) is 0 Å². The molecule has 0 unspecified atom stereocenters. The molecule has 2 fully saturated rings. The molecule has 2 saturated heterocycles. The van der Waals surface area contributed by atoms with E-state index in [9.17, 15) is 9.59 Å². The van der Waals surface area contributed by atoms with Gasteiger partial charge in [-0.15, -0.1) is 0 Å². The van der Waals surface area contributed by atoms with Gasteiger partial charge >= 0.3 is 0 Å². The summed E-state index contributed by atoms with van der Waals surface area (Å²) < 4.78 is 22.0. The highest BCUT2D eigenvalue weighted by atomic mass is 16.5. The van der Waals surface area contributed by atoms with Crippen LogP contribution in [0.25, 0.3) is 11.1 Å². The van der Waals surface area contributed by atoms with Crippen molar-refractivity contribution in [1.82, 2.24) is 19.8 Å². The van der Waals surface area contributed by atoms with Crippen molar-refractivity contribution >= 4 is 17.4 Å². The first-order chi connectivity index (χ1) is 24.2. The van der Waals surface area contributed by atoms with E-state index in [2.05, 4.69) is 25.1 Å². The number of methoxy groups -OCH3 is 4. The van der Waals surface area contributed by atoms with Crippen LogP contribution in [0.2, 0.25) is 0 Å². The third-order valence-electron chi connectivity index (χ3n) is 9.82. The van der Waals surface area contributed by atoms with Crippen molar-refractivity contribution in [3.8, 4) is 22.6 Å². The Bertz CT molecular complexity index is 1730. The molecule has 11 nitrogen and oxygen atoms in total. The second-order valence-corrected chi connectivity index (χ2v) is 13.0. The summed E-state index contributed by atoms with van der Waals surface area (Å²) in [5, 5.41) is 3.04. The number of anilines is 1. The second-order valence-electron chi connectivity index (χ2n) is 13.0. The molecule has 0 spiro atoms. The summed E-state index contributed by atoms with van der Waals surface area (Å²) in [7, 11) is 6.66. The minimum atomic E-state index is -0.326. The highest BCUT2D eigenvalue weighted by molar-refractivity contribution is 6.04. The molecule has 0 radical (unpaired) electrons. The third kappa shape index (κ3) is 7.56. The van der Waals surface area contributed by atoms with Gasteiger partial charge < -0.3 is 24.3 Å². The van der Waals surface area contributed by atoms with Crippen LogP contribution in [0.3, 0.4) is 0 Å². The molecule has 0 aliphatic carbocycles. The number of hydrogen-bond donors (Lipinski definition) is 1. The summed E-state index contributed by atoms with van der Waals surface area (Å²) in [5.74, 6) is 0.859. The van der Waals surface area contributed by atoms with Crippen LogP contribution in [0, 0.1) is 13.8 Å². The lowest BCUT2D eigenvalue weighted by molar-refractivity contribution is -0.0337. The zero-order chi connectivity index (χ0) is 35.4. The number of pyridine rings is 2. The summed E-state index contributed by atoms with van der Waals surface area (Å²) in [6.45, 7) is 8.80. The van der Waals surface area contributed by atoms with Crippen molar-refractivity contribution in [1.29, 1.82) is 0 Å². The SMILES string of the molecule is COc1cc(C(=O)Cc2cccc(-c3cccc(NC(=O)c4cc(OC)c(CN5CC(OC)C5)cn4)c3C)c2C)ncc1CN1CC(OC)C1. The maximum atomic E-state index is 13.5. The van der Waals surface area contributed by atoms with Crippen LogP contribution in [-0.2, 0) is 29.0 Å². The molecule has 1 amide bonds. The van der Waals surface area contributed by atoms with Gasteiger partial charge in [0.1, 0.15) is 22.9 Å². The van der Waals surface area contributed by atoms with Gasteiger partial charge in [-0.25, -0.2) is 0 Å². The average molecular weight is 680 g/mol. The van der Waals surface area contributed by atoms with Crippen LogP contribution in [-0.4, -0.2) is 98.3 Å². The lowest BCUT2D eigenvalue weighted by Gasteiger charge is -2.38. The molecule has 1 N–H and O–H groups in total. The third-order valence-corrected chi connectivity index (χ3v) is 9.82. The van der Waals surface area contributed by atoms with Crippen LogP contribution in [0.15, 0.2) is 60.9 Å². The van der Waals surface area contributed by atoms with Crippen LogP contribution in [0.5, 0.6) is 11.5 Å². The zero-order valence-electron chi connectivity index (χ0n) is 29.6. The van der Waals surface area contributed by atoms with E-state index < -0.39 is 0 Å². The van der Waals surface area contributed by atoms with Gasteiger partial charge in [0.05, 0.1) is 26.4 Å². The smallest absolute Gasteiger partial charge is 0.274 e. The highest BCUT2D eigenvalue weighted by Crippen LogP contribution is 2.33. The molecule has 0 atom stereocenters. The number of Topliss-reactive ketones (excluding diaryl/α,β-unsaturated/α-hetero) is 1. The highest BCUT2D eigenvalue weighted by Gasteiger charge is 2.28.